The molecule has 2 nitrogen and oxygen atoms in total. The molecule has 1 aliphatic carbocycles. The smallest absolute Gasteiger partial charge is 0.420 e. The van der Waals surface area contributed by atoms with E-state index in [-0.39, 0.29) is 0 Å². The van der Waals surface area contributed by atoms with Crippen LogP contribution in [-0.2, 0) is 0 Å². The van der Waals surface area contributed by atoms with Gasteiger partial charge in [-0.25, -0.2) is 0 Å². The van der Waals surface area contributed by atoms with Crippen molar-refractivity contribution in [3.05, 3.63) is 35.9 Å². The highest BCUT2D eigenvalue weighted by Gasteiger charge is 2.38. The minimum atomic E-state index is -4.43. The first-order valence-corrected chi connectivity index (χ1v) is 7.17. The summed E-state index contributed by atoms with van der Waals surface area (Å²) >= 11 is 0. The number of alkyl halides is 3. The van der Waals surface area contributed by atoms with E-state index < -0.39 is 12.2 Å². The molecule has 0 aromatic heterocycles. The molecule has 22 heavy (non-hydrogen) atoms. The molecule has 0 bridgehead atoms. The molecule has 0 saturated carbocycles. The minimum absolute atomic E-state index is 0.357. The van der Waals surface area contributed by atoms with Gasteiger partial charge < -0.3 is 10.1 Å². The molecular weight excluding hydrogens is 291 g/mol. The van der Waals surface area contributed by atoms with Crippen molar-refractivity contribution in [1.82, 2.24) is 0 Å². The summed E-state index contributed by atoms with van der Waals surface area (Å²) in [5.74, 6) is 5.59. The minimum Gasteiger partial charge on any atom is -0.497 e. The van der Waals surface area contributed by atoms with Crippen LogP contribution < -0.4 is 10.1 Å². The van der Waals surface area contributed by atoms with Crippen LogP contribution in [-0.4, -0.2) is 19.3 Å². The van der Waals surface area contributed by atoms with Gasteiger partial charge in [0.25, 0.3) is 0 Å². The number of rotatable bonds is 3. The summed E-state index contributed by atoms with van der Waals surface area (Å²) in [6.07, 6.45) is 1.23. The number of hydrogen-bond acceptors (Lipinski definition) is 2. The van der Waals surface area contributed by atoms with Gasteiger partial charge in [-0.2, -0.15) is 13.2 Å². The maximum atomic E-state index is 13.1. The van der Waals surface area contributed by atoms with Crippen LogP contribution >= 0.6 is 0 Å². The van der Waals surface area contributed by atoms with Crippen LogP contribution in [0.2, 0.25) is 0 Å². The van der Waals surface area contributed by atoms with Crippen molar-refractivity contribution in [3.8, 4) is 17.6 Å². The molecule has 2 rings (SSSR count). The van der Waals surface area contributed by atoms with Crippen LogP contribution in [0.25, 0.3) is 0 Å². The summed E-state index contributed by atoms with van der Waals surface area (Å²) in [7, 11) is 1.50. The molecule has 0 fully saturated rings. The summed E-state index contributed by atoms with van der Waals surface area (Å²) < 4.78 is 44.3. The molecule has 1 aliphatic rings. The highest BCUT2D eigenvalue weighted by molar-refractivity contribution is 5.49. The second-order valence-corrected chi connectivity index (χ2v) is 5.09. The van der Waals surface area contributed by atoms with Gasteiger partial charge in [-0.3, -0.25) is 0 Å². The Morgan fingerprint density at radius 2 is 1.91 bits per heavy atom. The van der Waals surface area contributed by atoms with Crippen molar-refractivity contribution < 1.29 is 17.9 Å². The van der Waals surface area contributed by atoms with Gasteiger partial charge >= 0.3 is 6.18 Å². The molecule has 5 heteroatoms. The van der Waals surface area contributed by atoms with Crippen molar-refractivity contribution in [2.45, 2.75) is 37.9 Å². The van der Waals surface area contributed by atoms with E-state index in [0.717, 1.165) is 31.3 Å². The third kappa shape index (κ3) is 4.73. The molecule has 0 saturated heterocycles. The highest BCUT2D eigenvalue weighted by Crippen LogP contribution is 2.25. The van der Waals surface area contributed by atoms with E-state index in [9.17, 15) is 13.2 Å². The second-order valence-electron chi connectivity index (χ2n) is 5.09. The van der Waals surface area contributed by atoms with Crippen LogP contribution in [0, 0.1) is 11.8 Å². The SMILES string of the molecule is COc1ccc(NC(C#CC2=CCCCC2)C(F)(F)F)cc1. The molecule has 0 heterocycles. The summed E-state index contributed by atoms with van der Waals surface area (Å²) in [4.78, 5) is 0. The number of nitrogens with one attached hydrogen (secondary N) is 1. The summed E-state index contributed by atoms with van der Waals surface area (Å²) in [6.45, 7) is 0. The lowest BCUT2D eigenvalue weighted by atomic mass is 10.00. The van der Waals surface area contributed by atoms with Crippen LogP contribution in [0.15, 0.2) is 35.9 Å². The Bertz CT molecular complexity index is 579. The lowest BCUT2D eigenvalue weighted by molar-refractivity contribution is -0.130. The molecule has 0 spiro atoms. The van der Waals surface area contributed by atoms with E-state index >= 15 is 0 Å². The molecule has 1 unspecified atom stereocenters. The Labute approximate surface area is 128 Å². The third-order valence-electron chi connectivity index (χ3n) is 3.40. The highest BCUT2D eigenvalue weighted by atomic mass is 19.4. The molecule has 1 atom stereocenters. The quantitative estimate of drug-likeness (QED) is 0.828. The van der Waals surface area contributed by atoms with Gasteiger partial charge in [0.1, 0.15) is 5.75 Å². The fraction of sp³-hybridized carbons (Fsp3) is 0.412. The molecule has 1 N–H and O–H groups in total. The Balaban J connectivity index is 2.12. The zero-order chi connectivity index (χ0) is 16.0. The number of methoxy groups -OCH3 is 1. The van der Waals surface area contributed by atoms with Gasteiger partial charge in [0.05, 0.1) is 7.11 Å². The van der Waals surface area contributed by atoms with Gasteiger partial charge in [0.15, 0.2) is 6.04 Å². The Hall–Kier alpha value is -2.09. The summed E-state index contributed by atoms with van der Waals surface area (Å²) in [5, 5.41) is 2.43. The van der Waals surface area contributed by atoms with Gasteiger partial charge in [-0.05, 0) is 55.5 Å². The van der Waals surface area contributed by atoms with E-state index in [1.54, 1.807) is 24.3 Å². The van der Waals surface area contributed by atoms with Crippen molar-refractivity contribution in [2.75, 3.05) is 12.4 Å². The van der Waals surface area contributed by atoms with Crippen molar-refractivity contribution >= 4 is 5.69 Å². The zero-order valence-corrected chi connectivity index (χ0v) is 12.3. The Morgan fingerprint density at radius 1 is 1.18 bits per heavy atom. The summed E-state index contributed by atoms with van der Waals surface area (Å²) in [6, 6.07) is 4.40. The molecule has 1 aromatic rings. The number of benzene rings is 1. The standard InChI is InChI=1S/C17H18F3NO/c1-22-15-10-8-14(9-11-15)21-16(17(18,19)20)12-7-13-5-3-2-4-6-13/h5,8-11,16,21H,2-4,6H2,1H3. The largest absolute Gasteiger partial charge is 0.497 e. The van der Waals surface area contributed by atoms with Crippen LogP contribution in [0.1, 0.15) is 25.7 Å². The van der Waals surface area contributed by atoms with E-state index in [2.05, 4.69) is 17.2 Å². The normalized spacial score (nSPS) is 16.1. The maximum Gasteiger partial charge on any atom is 0.420 e. The molecular formula is C17H18F3NO. The predicted octanol–water partition coefficient (Wildman–Crippen LogP) is 4.54. The number of anilines is 1. The first kappa shape index (κ1) is 16.3. The maximum absolute atomic E-state index is 13.1. The lowest BCUT2D eigenvalue weighted by Gasteiger charge is -2.18. The first-order chi connectivity index (χ1) is 10.5. The zero-order valence-electron chi connectivity index (χ0n) is 12.3. The van der Waals surface area contributed by atoms with Crippen LogP contribution in [0.5, 0.6) is 5.75 Å². The monoisotopic (exact) mass is 309 g/mol. The molecule has 1 aromatic carbocycles. The second kappa shape index (κ2) is 7.26. The number of ether oxygens (including phenoxy) is 1. The average Bonchev–Trinajstić information content (AvgIpc) is 2.52. The van der Waals surface area contributed by atoms with E-state index in [1.165, 1.54) is 7.11 Å². The first-order valence-electron chi connectivity index (χ1n) is 7.17. The van der Waals surface area contributed by atoms with Gasteiger partial charge in [0.2, 0.25) is 0 Å². The van der Waals surface area contributed by atoms with E-state index in [1.807, 2.05) is 6.08 Å². The van der Waals surface area contributed by atoms with Gasteiger partial charge in [-0.1, -0.05) is 17.9 Å². The van der Waals surface area contributed by atoms with Gasteiger partial charge in [-0.15, -0.1) is 0 Å². The van der Waals surface area contributed by atoms with Crippen molar-refractivity contribution in [3.63, 3.8) is 0 Å². The number of hydrogen-bond donors (Lipinski definition) is 1. The van der Waals surface area contributed by atoms with E-state index in [0.29, 0.717) is 11.4 Å². The van der Waals surface area contributed by atoms with Crippen molar-refractivity contribution in [2.24, 2.45) is 0 Å². The average molecular weight is 309 g/mol. The lowest BCUT2D eigenvalue weighted by Crippen LogP contribution is -2.34. The molecule has 0 amide bonds. The molecule has 0 radical (unpaired) electrons. The fourth-order valence-electron chi connectivity index (χ4n) is 2.17. The molecule has 118 valence electrons. The van der Waals surface area contributed by atoms with Crippen LogP contribution in [0.4, 0.5) is 18.9 Å². The fourth-order valence-corrected chi connectivity index (χ4v) is 2.17. The third-order valence-corrected chi connectivity index (χ3v) is 3.40. The predicted molar refractivity (Wildman–Crippen MR) is 80.8 cm³/mol. The van der Waals surface area contributed by atoms with Crippen molar-refractivity contribution in [1.29, 1.82) is 0 Å². The molecule has 0 aliphatic heterocycles. The number of halogens is 3. The Kier molecular flexibility index (Phi) is 5.37. The van der Waals surface area contributed by atoms with Gasteiger partial charge in [0, 0.05) is 5.69 Å². The summed E-state index contributed by atoms with van der Waals surface area (Å²) in [5.41, 5.74) is 1.16. The Morgan fingerprint density at radius 3 is 2.45 bits per heavy atom. The van der Waals surface area contributed by atoms with Crippen LogP contribution in [0.3, 0.4) is 0 Å². The topological polar surface area (TPSA) is 21.3 Å². The van der Waals surface area contributed by atoms with E-state index in [4.69, 9.17) is 4.74 Å². The number of allylic oxidation sites excluding steroid dienone is 2.